The lowest BCUT2D eigenvalue weighted by Gasteiger charge is -2.35. The largest absolute Gasteiger partial charge is 0.310 e. The first kappa shape index (κ1) is 16.0. The molecular weight excluding hydrogens is 317 g/mol. The summed E-state index contributed by atoms with van der Waals surface area (Å²) in [5, 5.41) is 3.52. The van der Waals surface area contributed by atoms with Crippen molar-refractivity contribution in [2.45, 2.75) is 52.0 Å². The quantitative estimate of drug-likeness (QED) is 0.750. The van der Waals surface area contributed by atoms with Crippen molar-refractivity contribution in [3.63, 3.8) is 0 Å². The highest BCUT2D eigenvalue weighted by Crippen LogP contribution is 2.39. The molecule has 1 nitrogen and oxygen atoms in total. The van der Waals surface area contributed by atoms with Crippen LogP contribution < -0.4 is 5.32 Å². The zero-order valence-corrected chi connectivity index (χ0v) is 14.0. The average molecular weight is 342 g/mol. The minimum atomic E-state index is -0.0936. The van der Waals surface area contributed by atoms with Gasteiger partial charge >= 0.3 is 0 Å². The Hall–Kier alpha value is -0.410. The summed E-state index contributed by atoms with van der Waals surface area (Å²) >= 11 is 3.34. The minimum Gasteiger partial charge on any atom is -0.310 e. The van der Waals surface area contributed by atoms with E-state index in [1.54, 1.807) is 6.07 Å². The molecule has 1 aromatic rings. The third-order valence-corrected chi connectivity index (χ3v) is 5.09. The fraction of sp³-hybridized carbons (Fsp3) is 0.647. The lowest BCUT2D eigenvalue weighted by Crippen LogP contribution is -2.32. The van der Waals surface area contributed by atoms with Crippen LogP contribution in [0.5, 0.6) is 0 Å². The maximum absolute atomic E-state index is 14.3. The van der Waals surface area contributed by atoms with Gasteiger partial charge in [-0.1, -0.05) is 55.1 Å². The second-order valence-electron chi connectivity index (χ2n) is 5.90. The predicted molar refractivity (Wildman–Crippen MR) is 86.3 cm³/mol. The third kappa shape index (κ3) is 3.82. The van der Waals surface area contributed by atoms with Crippen LogP contribution in [-0.2, 0) is 0 Å². The van der Waals surface area contributed by atoms with E-state index in [9.17, 15) is 4.39 Å². The molecule has 1 fully saturated rings. The van der Waals surface area contributed by atoms with E-state index in [1.807, 2.05) is 12.1 Å². The van der Waals surface area contributed by atoms with Crippen LogP contribution >= 0.6 is 15.9 Å². The normalized spacial score (nSPS) is 24.6. The van der Waals surface area contributed by atoms with Crippen LogP contribution in [0.2, 0.25) is 0 Å². The van der Waals surface area contributed by atoms with Gasteiger partial charge in [0, 0.05) is 16.1 Å². The molecule has 3 atom stereocenters. The molecular formula is C17H25BrFN. The number of rotatable bonds is 5. The summed E-state index contributed by atoms with van der Waals surface area (Å²) in [6, 6.07) is 5.62. The van der Waals surface area contributed by atoms with Crippen molar-refractivity contribution >= 4 is 15.9 Å². The van der Waals surface area contributed by atoms with Gasteiger partial charge in [-0.05, 0) is 43.4 Å². The Kier molecular flexibility index (Phi) is 6.03. The Morgan fingerprint density at radius 3 is 2.80 bits per heavy atom. The smallest absolute Gasteiger partial charge is 0.129 e. The van der Waals surface area contributed by atoms with Crippen molar-refractivity contribution in [2.24, 2.45) is 11.8 Å². The van der Waals surface area contributed by atoms with E-state index in [0.717, 1.165) is 22.5 Å². The first-order valence-corrected chi connectivity index (χ1v) is 8.63. The Labute approximate surface area is 130 Å². The Bertz CT molecular complexity index is 435. The summed E-state index contributed by atoms with van der Waals surface area (Å²) in [5.74, 6) is 1.28. The average Bonchev–Trinajstić information content (AvgIpc) is 2.45. The van der Waals surface area contributed by atoms with Crippen LogP contribution in [0, 0.1) is 17.7 Å². The van der Waals surface area contributed by atoms with Crippen LogP contribution in [0.3, 0.4) is 0 Å². The zero-order valence-electron chi connectivity index (χ0n) is 12.5. The number of hydrogen-bond acceptors (Lipinski definition) is 1. The topological polar surface area (TPSA) is 12.0 Å². The number of benzene rings is 1. The highest BCUT2D eigenvalue weighted by Gasteiger charge is 2.29. The van der Waals surface area contributed by atoms with Crippen molar-refractivity contribution in [2.75, 3.05) is 6.54 Å². The summed E-state index contributed by atoms with van der Waals surface area (Å²) in [4.78, 5) is 0. The third-order valence-electron chi connectivity index (χ3n) is 4.59. The number of nitrogens with one attached hydrogen (secondary N) is 1. The fourth-order valence-corrected chi connectivity index (χ4v) is 3.84. The fourth-order valence-electron chi connectivity index (χ4n) is 3.51. The van der Waals surface area contributed by atoms with E-state index in [0.29, 0.717) is 5.92 Å². The summed E-state index contributed by atoms with van der Waals surface area (Å²) in [7, 11) is 0. The van der Waals surface area contributed by atoms with Crippen molar-refractivity contribution in [3.05, 3.63) is 34.1 Å². The van der Waals surface area contributed by atoms with E-state index in [4.69, 9.17) is 0 Å². The van der Waals surface area contributed by atoms with Gasteiger partial charge in [0.15, 0.2) is 0 Å². The van der Waals surface area contributed by atoms with E-state index in [1.165, 1.54) is 32.1 Å². The van der Waals surface area contributed by atoms with Crippen molar-refractivity contribution < 1.29 is 4.39 Å². The molecule has 0 heterocycles. The van der Waals surface area contributed by atoms with Crippen molar-refractivity contribution in [3.8, 4) is 0 Å². The second kappa shape index (κ2) is 7.56. The lowest BCUT2D eigenvalue weighted by atomic mass is 9.75. The van der Waals surface area contributed by atoms with Crippen LogP contribution in [0.4, 0.5) is 4.39 Å². The molecule has 112 valence electrons. The molecule has 20 heavy (non-hydrogen) atoms. The van der Waals surface area contributed by atoms with Crippen molar-refractivity contribution in [1.82, 2.24) is 5.32 Å². The summed E-state index contributed by atoms with van der Waals surface area (Å²) in [6.45, 7) is 5.26. The monoisotopic (exact) mass is 341 g/mol. The Balaban J connectivity index is 2.21. The van der Waals surface area contributed by atoms with Gasteiger partial charge in [0.2, 0.25) is 0 Å². The van der Waals surface area contributed by atoms with E-state index < -0.39 is 0 Å². The van der Waals surface area contributed by atoms with Gasteiger partial charge in [-0.3, -0.25) is 0 Å². The molecule has 1 saturated carbocycles. The van der Waals surface area contributed by atoms with Crippen LogP contribution in [0.15, 0.2) is 22.7 Å². The maximum atomic E-state index is 14.3. The van der Waals surface area contributed by atoms with Gasteiger partial charge in [-0.2, -0.15) is 0 Å². The molecule has 0 aliphatic heterocycles. The molecule has 3 unspecified atom stereocenters. The molecule has 1 aromatic carbocycles. The van der Waals surface area contributed by atoms with E-state index >= 15 is 0 Å². The Morgan fingerprint density at radius 1 is 1.35 bits per heavy atom. The summed E-state index contributed by atoms with van der Waals surface area (Å²) in [5.41, 5.74) is 0.830. The Morgan fingerprint density at radius 2 is 2.15 bits per heavy atom. The molecule has 1 N–H and O–H groups in total. The van der Waals surface area contributed by atoms with Gasteiger partial charge in [-0.15, -0.1) is 0 Å². The van der Waals surface area contributed by atoms with Gasteiger partial charge in [0.05, 0.1) is 0 Å². The molecule has 1 aliphatic rings. The minimum absolute atomic E-state index is 0.0936. The van der Waals surface area contributed by atoms with Crippen molar-refractivity contribution in [1.29, 1.82) is 0 Å². The predicted octanol–water partition coefficient (Wildman–Crippen LogP) is 5.46. The van der Waals surface area contributed by atoms with Crippen LogP contribution in [0.25, 0.3) is 0 Å². The molecule has 0 amide bonds. The summed E-state index contributed by atoms with van der Waals surface area (Å²) in [6.07, 6.45) is 6.31. The first-order chi connectivity index (χ1) is 9.65. The molecule has 1 aliphatic carbocycles. The van der Waals surface area contributed by atoms with Crippen LogP contribution in [0.1, 0.15) is 57.6 Å². The number of hydrogen-bond donors (Lipinski definition) is 1. The molecule has 0 bridgehead atoms. The highest BCUT2D eigenvalue weighted by molar-refractivity contribution is 9.10. The molecule has 3 heteroatoms. The van der Waals surface area contributed by atoms with E-state index in [-0.39, 0.29) is 11.9 Å². The summed E-state index contributed by atoms with van der Waals surface area (Å²) < 4.78 is 15.1. The first-order valence-electron chi connectivity index (χ1n) is 7.84. The van der Waals surface area contributed by atoms with Crippen LogP contribution in [-0.4, -0.2) is 6.54 Å². The number of halogens is 2. The van der Waals surface area contributed by atoms with Gasteiger partial charge in [-0.25, -0.2) is 4.39 Å². The molecule has 2 rings (SSSR count). The highest BCUT2D eigenvalue weighted by atomic mass is 79.9. The van der Waals surface area contributed by atoms with Gasteiger partial charge < -0.3 is 5.32 Å². The maximum Gasteiger partial charge on any atom is 0.129 e. The molecule has 0 spiro atoms. The molecule has 0 saturated heterocycles. The van der Waals surface area contributed by atoms with E-state index in [2.05, 4.69) is 35.1 Å². The van der Waals surface area contributed by atoms with Gasteiger partial charge in [0.1, 0.15) is 5.82 Å². The SMILES string of the molecule is CCNC(c1ccc(Br)cc1F)C1CCCC(CC)C1. The molecule has 0 aromatic heterocycles. The zero-order chi connectivity index (χ0) is 14.5. The second-order valence-corrected chi connectivity index (χ2v) is 6.82. The molecule has 0 radical (unpaired) electrons. The standard InChI is InChI=1S/C17H25BrFN/c1-3-12-6-5-7-13(10-12)17(20-4-2)15-9-8-14(18)11-16(15)19/h8-9,11-13,17,20H,3-7,10H2,1-2H3. The lowest BCUT2D eigenvalue weighted by molar-refractivity contribution is 0.208. The van der Waals surface area contributed by atoms with Gasteiger partial charge in [0.25, 0.3) is 0 Å².